The molecule has 0 saturated heterocycles. The van der Waals surface area contributed by atoms with Crippen LogP contribution in [0.25, 0.3) is 0 Å². The molecule has 76 valence electrons. The minimum absolute atomic E-state index is 0.0217. The van der Waals surface area contributed by atoms with Crippen molar-refractivity contribution in [2.75, 3.05) is 6.54 Å². The first-order valence-corrected chi connectivity index (χ1v) is 5.13. The molecule has 2 rings (SSSR count). The normalized spacial score (nSPS) is 20.5. The van der Waals surface area contributed by atoms with Crippen molar-refractivity contribution in [3.05, 3.63) is 35.4 Å². The van der Waals surface area contributed by atoms with Gasteiger partial charge in [-0.15, -0.1) is 0 Å². The van der Waals surface area contributed by atoms with Crippen LogP contribution in [0, 0.1) is 12.3 Å². The van der Waals surface area contributed by atoms with Gasteiger partial charge in [-0.1, -0.05) is 24.3 Å². The summed E-state index contributed by atoms with van der Waals surface area (Å²) in [6, 6.07) is 7.99. The summed E-state index contributed by atoms with van der Waals surface area (Å²) in [7, 11) is 0. The van der Waals surface area contributed by atoms with Crippen molar-refractivity contribution in [1.29, 1.82) is 0 Å². The predicted molar refractivity (Wildman–Crippen MR) is 56.9 cm³/mol. The average Bonchev–Trinajstić information content (AvgIpc) is 2.98. The van der Waals surface area contributed by atoms with Crippen LogP contribution in [-0.4, -0.2) is 11.7 Å². The Morgan fingerprint density at radius 3 is 2.57 bits per heavy atom. The summed E-state index contributed by atoms with van der Waals surface area (Å²) in [6.45, 7) is 2.62. The van der Waals surface area contributed by atoms with Crippen LogP contribution in [0.5, 0.6) is 0 Å². The average molecular weight is 191 g/mol. The first-order valence-electron chi connectivity index (χ1n) is 5.13. The summed E-state index contributed by atoms with van der Waals surface area (Å²) >= 11 is 0. The molecular formula is C12H17NO. The largest absolute Gasteiger partial charge is 0.388 e. The Labute approximate surface area is 84.7 Å². The van der Waals surface area contributed by atoms with Gasteiger partial charge in [0, 0.05) is 12.0 Å². The van der Waals surface area contributed by atoms with Gasteiger partial charge in [-0.05, 0) is 30.9 Å². The molecule has 14 heavy (non-hydrogen) atoms. The maximum absolute atomic E-state index is 10.2. The Bertz CT molecular complexity index is 331. The summed E-state index contributed by atoms with van der Waals surface area (Å²) in [5, 5.41) is 10.2. The maximum atomic E-state index is 10.2. The second-order valence-corrected chi connectivity index (χ2v) is 4.33. The Kier molecular flexibility index (Phi) is 2.33. The molecule has 0 bridgehead atoms. The molecule has 1 saturated carbocycles. The number of aliphatic hydroxyl groups excluding tert-OH is 1. The minimum Gasteiger partial charge on any atom is -0.388 e. The van der Waals surface area contributed by atoms with E-state index in [0.717, 1.165) is 24.0 Å². The number of nitrogens with two attached hydrogens (primary N) is 1. The lowest BCUT2D eigenvalue weighted by molar-refractivity contribution is 0.0969. The summed E-state index contributed by atoms with van der Waals surface area (Å²) in [5.74, 6) is 0. The van der Waals surface area contributed by atoms with Gasteiger partial charge >= 0.3 is 0 Å². The van der Waals surface area contributed by atoms with Gasteiger partial charge in [-0.3, -0.25) is 0 Å². The lowest BCUT2D eigenvalue weighted by Crippen LogP contribution is -2.23. The van der Waals surface area contributed by atoms with Gasteiger partial charge in [0.05, 0.1) is 6.10 Å². The van der Waals surface area contributed by atoms with E-state index in [-0.39, 0.29) is 11.5 Å². The van der Waals surface area contributed by atoms with Crippen LogP contribution in [-0.2, 0) is 0 Å². The summed E-state index contributed by atoms with van der Waals surface area (Å²) in [4.78, 5) is 0. The molecule has 1 unspecified atom stereocenters. The number of aliphatic hydroxyl groups is 1. The predicted octanol–water partition coefficient (Wildman–Crippen LogP) is 1.77. The second-order valence-electron chi connectivity index (χ2n) is 4.33. The van der Waals surface area contributed by atoms with Crippen LogP contribution in [0.4, 0.5) is 0 Å². The van der Waals surface area contributed by atoms with Crippen molar-refractivity contribution in [2.45, 2.75) is 25.9 Å². The van der Waals surface area contributed by atoms with Crippen molar-refractivity contribution in [3.63, 3.8) is 0 Å². The van der Waals surface area contributed by atoms with Crippen LogP contribution in [0.3, 0.4) is 0 Å². The van der Waals surface area contributed by atoms with Crippen LogP contribution in [0.2, 0.25) is 0 Å². The fourth-order valence-corrected chi connectivity index (χ4v) is 1.97. The summed E-state index contributed by atoms with van der Waals surface area (Å²) in [5.41, 5.74) is 7.87. The molecule has 3 N–H and O–H groups in total. The van der Waals surface area contributed by atoms with E-state index in [2.05, 4.69) is 0 Å². The highest BCUT2D eigenvalue weighted by atomic mass is 16.3. The third-order valence-corrected chi connectivity index (χ3v) is 3.36. The van der Waals surface area contributed by atoms with E-state index in [9.17, 15) is 5.11 Å². The molecular weight excluding hydrogens is 174 g/mol. The molecule has 1 aliphatic rings. The molecule has 1 aliphatic carbocycles. The van der Waals surface area contributed by atoms with E-state index in [1.54, 1.807) is 0 Å². The Hall–Kier alpha value is -0.860. The van der Waals surface area contributed by atoms with Gasteiger partial charge in [0.2, 0.25) is 0 Å². The number of hydrogen-bond acceptors (Lipinski definition) is 2. The van der Waals surface area contributed by atoms with Crippen LogP contribution in [0.15, 0.2) is 24.3 Å². The molecule has 2 heteroatoms. The maximum Gasteiger partial charge on any atom is 0.0860 e. The van der Waals surface area contributed by atoms with Gasteiger partial charge in [0.1, 0.15) is 0 Å². The third kappa shape index (κ3) is 1.45. The van der Waals surface area contributed by atoms with E-state index in [1.165, 1.54) is 0 Å². The second kappa shape index (κ2) is 3.37. The van der Waals surface area contributed by atoms with E-state index < -0.39 is 0 Å². The monoisotopic (exact) mass is 191 g/mol. The van der Waals surface area contributed by atoms with Crippen molar-refractivity contribution < 1.29 is 5.11 Å². The number of hydrogen-bond donors (Lipinski definition) is 2. The quantitative estimate of drug-likeness (QED) is 0.764. The summed E-state index contributed by atoms with van der Waals surface area (Å²) < 4.78 is 0. The van der Waals surface area contributed by atoms with Crippen molar-refractivity contribution >= 4 is 0 Å². The highest BCUT2D eigenvalue weighted by molar-refractivity contribution is 5.30. The number of rotatable bonds is 3. The van der Waals surface area contributed by atoms with Crippen molar-refractivity contribution in [1.82, 2.24) is 0 Å². The Balaban J connectivity index is 2.27. The van der Waals surface area contributed by atoms with Crippen LogP contribution in [0.1, 0.15) is 30.1 Å². The smallest absolute Gasteiger partial charge is 0.0860 e. The molecule has 0 radical (unpaired) electrons. The molecule has 0 amide bonds. The first kappa shape index (κ1) is 9.69. The van der Waals surface area contributed by atoms with Crippen LogP contribution >= 0.6 is 0 Å². The fraction of sp³-hybridized carbons (Fsp3) is 0.500. The van der Waals surface area contributed by atoms with E-state index in [0.29, 0.717) is 6.54 Å². The molecule has 1 atom stereocenters. The molecule has 0 heterocycles. The molecule has 0 aromatic heterocycles. The first-order chi connectivity index (χ1) is 6.69. The lowest BCUT2D eigenvalue weighted by atomic mass is 9.90. The topological polar surface area (TPSA) is 46.2 Å². The molecule has 1 aromatic carbocycles. The fourth-order valence-electron chi connectivity index (χ4n) is 1.97. The van der Waals surface area contributed by atoms with Crippen molar-refractivity contribution in [2.24, 2.45) is 11.1 Å². The van der Waals surface area contributed by atoms with Crippen molar-refractivity contribution in [3.8, 4) is 0 Å². The number of benzene rings is 1. The van der Waals surface area contributed by atoms with Gasteiger partial charge in [0.15, 0.2) is 0 Å². The standard InChI is InChI=1S/C12H17NO/c1-9-4-2-3-5-10(9)11(14)12(8-13)6-7-12/h2-5,11,14H,6-8,13H2,1H3. The molecule has 1 aromatic rings. The van der Waals surface area contributed by atoms with Gasteiger partial charge in [-0.25, -0.2) is 0 Å². The third-order valence-electron chi connectivity index (χ3n) is 3.36. The van der Waals surface area contributed by atoms with Gasteiger partial charge < -0.3 is 10.8 Å². The Morgan fingerprint density at radius 1 is 1.43 bits per heavy atom. The zero-order valence-corrected chi connectivity index (χ0v) is 8.53. The SMILES string of the molecule is Cc1ccccc1C(O)C1(CN)CC1. The highest BCUT2D eigenvalue weighted by Crippen LogP contribution is 2.54. The zero-order valence-electron chi connectivity index (χ0n) is 8.53. The van der Waals surface area contributed by atoms with E-state index in [4.69, 9.17) is 5.73 Å². The van der Waals surface area contributed by atoms with Gasteiger partial charge in [-0.2, -0.15) is 0 Å². The van der Waals surface area contributed by atoms with Crippen LogP contribution < -0.4 is 5.73 Å². The highest BCUT2D eigenvalue weighted by Gasteiger charge is 2.48. The minimum atomic E-state index is -0.381. The molecule has 0 spiro atoms. The molecule has 2 nitrogen and oxygen atoms in total. The number of aryl methyl sites for hydroxylation is 1. The van der Waals surface area contributed by atoms with E-state index >= 15 is 0 Å². The molecule has 1 fully saturated rings. The zero-order chi connectivity index (χ0) is 10.2. The van der Waals surface area contributed by atoms with E-state index in [1.807, 2.05) is 31.2 Å². The summed E-state index contributed by atoms with van der Waals surface area (Å²) in [6.07, 6.45) is 1.73. The molecule has 0 aliphatic heterocycles. The Morgan fingerprint density at radius 2 is 2.07 bits per heavy atom. The lowest BCUT2D eigenvalue weighted by Gasteiger charge is -2.22. The van der Waals surface area contributed by atoms with Gasteiger partial charge in [0.25, 0.3) is 0 Å².